The molecule has 1 saturated carbocycles. The van der Waals surface area contributed by atoms with Gasteiger partial charge < -0.3 is 15.4 Å². The Hall–Kier alpha value is -3.47. The van der Waals surface area contributed by atoms with Gasteiger partial charge in [-0.05, 0) is 42.7 Å². The van der Waals surface area contributed by atoms with Crippen LogP contribution in [0.4, 0.5) is 5.82 Å². The lowest BCUT2D eigenvalue weighted by molar-refractivity contribution is 0.207. The third kappa shape index (κ3) is 3.50. The van der Waals surface area contributed by atoms with Crippen molar-refractivity contribution in [3.63, 3.8) is 0 Å². The molecule has 1 aliphatic rings. The van der Waals surface area contributed by atoms with E-state index in [2.05, 4.69) is 26.3 Å². The number of H-pyrrole nitrogens is 1. The molecule has 3 N–H and O–H groups in total. The Morgan fingerprint density at radius 1 is 1.16 bits per heavy atom. The summed E-state index contributed by atoms with van der Waals surface area (Å²) in [5.74, 6) is 1.41. The number of imidazole rings is 1. The van der Waals surface area contributed by atoms with E-state index in [0.29, 0.717) is 27.6 Å². The lowest BCUT2D eigenvalue weighted by atomic mass is 9.64. The molecule has 1 aliphatic carbocycles. The minimum atomic E-state index is -0.912. The van der Waals surface area contributed by atoms with E-state index in [4.69, 9.17) is 21.8 Å². The van der Waals surface area contributed by atoms with Gasteiger partial charge in [0.15, 0.2) is 11.9 Å². The summed E-state index contributed by atoms with van der Waals surface area (Å²) < 4.78 is 0. The van der Waals surface area contributed by atoms with Crippen LogP contribution in [0.3, 0.4) is 0 Å². The summed E-state index contributed by atoms with van der Waals surface area (Å²) in [6.07, 6.45) is 5.46. The first-order valence-electron chi connectivity index (χ1n) is 10.0. The van der Waals surface area contributed by atoms with E-state index in [1.807, 2.05) is 18.3 Å². The van der Waals surface area contributed by atoms with Crippen molar-refractivity contribution in [2.75, 3.05) is 5.32 Å². The fourth-order valence-electron chi connectivity index (χ4n) is 4.04. The predicted molar refractivity (Wildman–Crippen MR) is 118 cm³/mol. The minimum Gasteiger partial charge on any atom is -0.369 e. The Morgan fingerprint density at radius 2 is 2.03 bits per heavy atom. The molecule has 3 heterocycles. The quantitative estimate of drug-likeness (QED) is 0.403. The molecule has 0 bridgehead atoms. The van der Waals surface area contributed by atoms with E-state index < -0.39 is 6.23 Å². The number of nitrogens with zero attached hydrogens (tertiary/aromatic N) is 4. The fourth-order valence-corrected chi connectivity index (χ4v) is 4.24. The number of aliphatic hydroxyl groups is 1. The Balaban J connectivity index is 1.41. The van der Waals surface area contributed by atoms with Crippen molar-refractivity contribution >= 4 is 28.6 Å². The molecule has 0 amide bonds. The lowest BCUT2D eigenvalue weighted by Crippen LogP contribution is -2.36. The van der Waals surface area contributed by atoms with Gasteiger partial charge in [0, 0.05) is 23.0 Å². The number of rotatable bonds is 5. The topological polar surface area (TPSA) is 111 Å². The summed E-state index contributed by atoms with van der Waals surface area (Å²) in [4.78, 5) is 16.9. The van der Waals surface area contributed by atoms with Crippen molar-refractivity contribution in [1.29, 1.82) is 5.26 Å². The van der Waals surface area contributed by atoms with Gasteiger partial charge in [-0.1, -0.05) is 36.2 Å². The summed E-state index contributed by atoms with van der Waals surface area (Å²) in [6, 6.07) is 14.8. The van der Waals surface area contributed by atoms with Crippen LogP contribution < -0.4 is 5.32 Å². The smallest absolute Gasteiger partial charge is 0.177 e. The molecule has 154 valence electrons. The van der Waals surface area contributed by atoms with Crippen LogP contribution in [-0.4, -0.2) is 25.0 Å². The number of aromatic nitrogens is 4. The third-order valence-corrected chi connectivity index (χ3v) is 6.13. The molecule has 1 aromatic carbocycles. The van der Waals surface area contributed by atoms with Gasteiger partial charge in [0.2, 0.25) is 0 Å². The SMILES string of the molecule is N#Cc1cnc2nc(C3(c4ccc(NC(O)c5cccc(Cl)c5)nc4)CCC3)[nH]c2c1. The van der Waals surface area contributed by atoms with Crippen molar-refractivity contribution < 1.29 is 5.11 Å². The number of halogens is 1. The highest BCUT2D eigenvalue weighted by Gasteiger charge is 2.43. The highest BCUT2D eigenvalue weighted by molar-refractivity contribution is 6.30. The van der Waals surface area contributed by atoms with Gasteiger partial charge >= 0.3 is 0 Å². The van der Waals surface area contributed by atoms with Crippen molar-refractivity contribution in [3.05, 3.63) is 82.4 Å². The zero-order valence-corrected chi connectivity index (χ0v) is 17.3. The molecule has 5 rings (SSSR count). The first-order chi connectivity index (χ1) is 15.1. The van der Waals surface area contributed by atoms with E-state index in [9.17, 15) is 5.11 Å². The lowest BCUT2D eigenvalue weighted by Gasteiger charge is -2.40. The maximum atomic E-state index is 10.4. The second kappa shape index (κ2) is 7.65. The number of aliphatic hydroxyl groups excluding tert-OH is 1. The number of nitriles is 1. The maximum Gasteiger partial charge on any atom is 0.177 e. The molecule has 0 spiro atoms. The van der Waals surface area contributed by atoms with Gasteiger partial charge in [0.25, 0.3) is 0 Å². The van der Waals surface area contributed by atoms with Gasteiger partial charge in [-0.25, -0.2) is 15.0 Å². The zero-order chi connectivity index (χ0) is 21.4. The number of nitrogens with one attached hydrogen (secondary N) is 2. The average molecular weight is 431 g/mol. The number of benzene rings is 1. The van der Waals surface area contributed by atoms with Gasteiger partial charge in [0.1, 0.15) is 17.7 Å². The minimum absolute atomic E-state index is 0.245. The monoisotopic (exact) mass is 430 g/mol. The number of anilines is 1. The Morgan fingerprint density at radius 3 is 2.71 bits per heavy atom. The normalized spacial score (nSPS) is 15.8. The van der Waals surface area contributed by atoms with Crippen LogP contribution >= 0.6 is 11.6 Å². The molecule has 1 atom stereocenters. The van der Waals surface area contributed by atoms with Crippen molar-refractivity contribution in [1.82, 2.24) is 19.9 Å². The first kappa shape index (κ1) is 19.5. The van der Waals surface area contributed by atoms with E-state index in [0.717, 1.165) is 36.2 Å². The van der Waals surface area contributed by atoms with E-state index in [1.54, 1.807) is 30.3 Å². The molecule has 0 saturated heterocycles. The molecule has 1 unspecified atom stereocenters. The Kier molecular flexibility index (Phi) is 4.81. The molecule has 8 heteroatoms. The zero-order valence-electron chi connectivity index (χ0n) is 16.5. The van der Waals surface area contributed by atoms with Crippen LogP contribution in [0.15, 0.2) is 54.9 Å². The Labute approximate surface area is 183 Å². The summed E-state index contributed by atoms with van der Waals surface area (Å²) in [7, 11) is 0. The van der Waals surface area contributed by atoms with Crippen molar-refractivity contribution in [3.8, 4) is 6.07 Å². The Bertz CT molecular complexity index is 1290. The highest BCUT2D eigenvalue weighted by Crippen LogP contribution is 2.48. The van der Waals surface area contributed by atoms with Crippen LogP contribution in [0.1, 0.15) is 48.0 Å². The van der Waals surface area contributed by atoms with E-state index in [-0.39, 0.29) is 5.41 Å². The molecule has 7 nitrogen and oxygen atoms in total. The standard InChI is InChI=1S/C23H19ClN6O/c24-17-4-1-3-15(10-17)21(31)29-19-6-5-16(13-26-19)23(7-2-8-23)22-28-18-9-14(11-25)12-27-20(18)30-22/h1,3-6,9-10,12-13,21,31H,2,7-8H2,(H,26,29)(H,27,28,30). The molecule has 31 heavy (non-hydrogen) atoms. The molecule has 4 aromatic rings. The first-order valence-corrected chi connectivity index (χ1v) is 10.4. The fraction of sp³-hybridized carbons (Fsp3) is 0.217. The third-order valence-electron chi connectivity index (χ3n) is 5.89. The number of hydrogen-bond donors (Lipinski definition) is 3. The second-order valence-corrected chi connectivity index (χ2v) is 8.20. The molecule has 0 aliphatic heterocycles. The second-order valence-electron chi connectivity index (χ2n) is 7.76. The van der Waals surface area contributed by atoms with Crippen LogP contribution in [-0.2, 0) is 5.41 Å². The predicted octanol–water partition coefficient (Wildman–Crippen LogP) is 4.45. The molecular formula is C23H19ClN6O. The van der Waals surface area contributed by atoms with Gasteiger partial charge in [-0.3, -0.25) is 0 Å². The van der Waals surface area contributed by atoms with E-state index in [1.165, 1.54) is 6.20 Å². The molecular weight excluding hydrogens is 412 g/mol. The largest absolute Gasteiger partial charge is 0.369 e. The molecule has 0 radical (unpaired) electrons. The molecule has 3 aromatic heterocycles. The van der Waals surface area contributed by atoms with Gasteiger partial charge in [0.05, 0.1) is 16.5 Å². The van der Waals surface area contributed by atoms with Crippen LogP contribution in [0.5, 0.6) is 0 Å². The van der Waals surface area contributed by atoms with Crippen LogP contribution in [0.25, 0.3) is 11.2 Å². The summed E-state index contributed by atoms with van der Waals surface area (Å²) in [5.41, 5.74) is 3.35. The van der Waals surface area contributed by atoms with Crippen LogP contribution in [0, 0.1) is 11.3 Å². The van der Waals surface area contributed by atoms with Crippen molar-refractivity contribution in [2.45, 2.75) is 30.9 Å². The average Bonchev–Trinajstić information content (AvgIpc) is 3.17. The number of pyridine rings is 2. The van der Waals surface area contributed by atoms with E-state index >= 15 is 0 Å². The summed E-state index contributed by atoms with van der Waals surface area (Å²) >= 11 is 6.01. The number of aromatic amines is 1. The summed E-state index contributed by atoms with van der Waals surface area (Å²) in [6.45, 7) is 0. The van der Waals surface area contributed by atoms with Crippen molar-refractivity contribution in [2.24, 2.45) is 0 Å². The number of hydrogen-bond acceptors (Lipinski definition) is 6. The number of fused-ring (bicyclic) bond motifs is 1. The molecule has 1 fully saturated rings. The summed E-state index contributed by atoms with van der Waals surface area (Å²) in [5, 5.41) is 23.1. The van der Waals surface area contributed by atoms with Gasteiger partial charge in [-0.15, -0.1) is 0 Å². The highest BCUT2D eigenvalue weighted by atomic mass is 35.5. The maximum absolute atomic E-state index is 10.4. The van der Waals surface area contributed by atoms with Crippen LogP contribution in [0.2, 0.25) is 5.02 Å². The van der Waals surface area contributed by atoms with Gasteiger partial charge in [-0.2, -0.15) is 5.26 Å².